The van der Waals surface area contributed by atoms with E-state index in [2.05, 4.69) is 0 Å². The first-order valence-corrected chi connectivity index (χ1v) is 9.41. The number of carbonyl (C=O) groups is 6. The van der Waals surface area contributed by atoms with Gasteiger partial charge in [0.15, 0.2) is 0 Å². The van der Waals surface area contributed by atoms with E-state index in [0.29, 0.717) is 0 Å². The zero-order valence-corrected chi connectivity index (χ0v) is 23.7. The Bertz CT molecular complexity index is 1020. The van der Waals surface area contributed by atoms with Gasteiger partial charge in [0.1, 0.15) is 0 Å². The summed E-state index contributed by atoms with van der Waals surface area (Å²) in [5.74, 6) is -8.00. The molecule has 3 rings (SSSR count). The van der Waals surface area contributed by atoms with E-state index >= 15 is 0 Å². The topological polar surface area (TPSA) is 269 Å². The van der Waals surface area contributed by atoms with Crippen molar-refractivity contribution in [3.63, 3.8) is 0 Å². The van der Waals surface area contributed by atoms with Gasteiger partial charge in [-0.05, 0) is 33.4 Å². The Balaban J connectivity index is -0.000000149. The van der Waals surface area contributed by atoms with E-state index in [4.69, 9.17) is 0 Å². The molecule has 17 heteroatoms. The molecule has 0 amide bonds. The average molecular weight is 711 g/mol. The predicted molar refractivity (Wildman–Crippen MR) is 106 cm³/mol. The van der Waals surface area contributed by atoms with E-state index in [1.54, 1.807) is 0 Å². The molecule has 0 saturated heterocycles. The number of hydrogen-bond donors (Lipinski definition) is 0. The van der Waals surface area contributed by atoms with E-state index < -0.39 is 35.8 Å². The maximum Gasteiger partial charge on any atom is 3.00 e. The Morgan fingerprint density at radius 3 is 0.439 bits per heavy atom. The van der Waals surface area contributed by atoms with Crippen LogP contribution in [0.5, 0.6) is 0 Å². The van der Waals surface area contributed by atoms with Gasteiger partial charge in [0.05, 0.1) is 35.8 Å². The van der Waals surface area contributed by atoms with Gasteiger partial charge in [-0.2, -0.15) is 0 Å². The third kappa shape index (κ3) is 16.9. The molecule has 0 heterocycles. The first kappa shape index (κ1) is 47.1. The monoisotopic (exact) mass is 711 g/mol. The van der Waals surface area contributed by atoms with Gasteiger partial charge in [-0.3, -0.25) is 0 Å². The largest absolute Gasteiger partial charge is 3.00 e. The number of halogens is 1. The minimum atomic E-state index is -1.33. The molecule has 0 aliphatic carbocycles. The third-order valence-electron chi connectivity index (χ3n) is 4.07. The molecule has 0 fully saturated rings. The van der Waals surface area contributed by atoms with E-state index in [0.717, 1.165) is 72.8 Å². The molecule has 0 atom stereocenters. The fraction of sp³-hybridized carbons (Fsp3) is 0. The van der Waals surface area contributed by atoms with Crippen molar-refractivity contribution in [3.05, 3.63) is 106 Å². The van der Waals surface area contributed by atoms with Crippen molar-refractivity contribution in [3.8, 4) is 0 Å². The molecule has 217 valence electrons. The number of hydrogen-bond acceptors (Lipinski definition) is 12. The van der Waals surface area contributed by atoms with E-state index in [-0.39, 0.29) is 102 Å². The molecular weight excluding hydrogens is 699 g/mol. The second kappa shape index (κ2) is 23.0. The van der Waals surface area contributed by atoms with E-state index in [1.807, 2.05) is 0 Å². The van der Waals surface area contributed by atoms with Gasteiger partial charge in [0, 0.05) is 0 Å². The van der Waals surface area contributed by atoms with Gasteiger partial charge in [0.25, 0.3) is 0 Å². The number of carboxylic acid groups (broad SMARTS) is 6. The van der Waals surface area contributed by atoms with Gasteiger partial charge in [0.2, 0.25) is 0 Å². The van der Waals surface area contributed by atoms with Crippen LogP contribution in [0.3, 0.4) is 0 Å². The molecule has 0 bridgehead atoms. The summed E-state index contributed by atoms with van der Waals surface area (Å²) in [6.07, 6.45) is 0. The molecule has 0 spiro atoms. The van der Waals surface area contributed by atoms with Crippen LogP contribution in [0, 0.1) is 0 Å². The minimum absolute atomic E-state index is 0. The van der Waals surface area contributed by atoms with Crippen LogP contribution in [0.25, 0.3) is 0 Å². The summed E-state index contributed by atoms with van der Waals surface area (Å²) < 4.78 is 0. The number of carboxylic acids is 6. The minimum Gasteiger partial charge on any atom is -2.00 e. The fourth-order valence-electron chi connectivity index (χ4n) is 2.23. The molecule has 13 nitrogen and oxygen atoms in total. The first-order chi connectivity index (χ1) is 16.8. The molecule has 0 aliphatic heterocycles. The molecule has 0 saturated carbocycles. The fourth-order valence-corrected chi connectivity index (χ4v) is 2.23. The van der Waals surface area contributed by atoms with Crippen LogP contribution in [0.2, 0.25) is 0 Å². The van der Waals surface area contributed by atoms with Crippen molar-refractivity contribution in [1.82, 2.24) is 0 Å². The van der Waals surface area contributed by atoms with Crippen molar-refractivity contribution in [2.75, 3.05) is 0 Å². The number of carbonyl (C=O) groups excluding carboxylic acids is 6. The summed E-state index contributed by atoms with van der Waals surface area (Å²) in [7, 11) is 0. The molecule has 3 aromatic rings. The predicted octanol–water partition coefficient (Wildman–Crippen LogP) is -7.88. The summed E-state index contributed by atoms with van der Waals surface area (Å²) in [4.78, 5) is 61.2. The number of benzene rings is 3. The smallest absolute Gasteiger partial charge is 2.00 e. The zero-order chi connectivity index (χ0) is 27.4. The molecule has 0 aromatic heterocycles. The Kier molecular flexibility index (Phi) is 26.5. The van der Waals surface area contributed by atoms with Gasteiger partial charge >= 0.3 is 51.2 Å². The van der Waals surface area contributed by atoms with Crippen molar-refractivity contribution in [2.45, 2.75) is 0 Å². The Morgan fingerprint density at radius 1 is 0.317 bits per heavy atom. The van der Waals surface area contributed by atoms with E-state index in [9.17, 15) is 59.4 Å². The molecule has 0 aliphatic rings. The van der Waals surface area contributed by atoms with Crippen LogP contribution in [-0.2, 0) is 56.7 Å². The summed E-state index contributed by atoms with van der Waals surface area (Å²) in [6.45, 7) is 0. The Morgan fingerprint density at radius 2 is 0.390 bits per heavy atom. The summed E-state index contributed by atoms with van der Waals surface area (Å²) in [5.41, 5.74) is -0.333. The maximum absolute atomic E-state index is 10.2. The molecule has 0 unspecified atom stereocenters. The van der Waals surface area contributed by atoms with E-state index in [1.165, 1.54) is 0 Å². The molecule has 3 radical (unpaired) electrons. The van der Waals surface area contributed by atoms with Crippen LogP contribution < -0.4 is 43.0 Å². The normalized spacial score (nSPS) is 8.20. The van der Waals surface area contributed by atoms with Crippen LogP contribution in [0.1, 0.15) is 62.1 Å². The maximum atomic E-state index is 10.2. The number of aromatic carboxylic acids is 6. The summed E-state index contributed by atoms with van der Waals surface area (Å²) >= 11 is 0. The second-order valence-electron chi connectivity index (χ2n) is 6.46. The van der Waals surface area contributed by atoms with Crippen LogP contribution >= 0.6 is 0 Å². The quantitative estimate of drug-likeness (QED) is 0.216. The second-order valence-corrected chi connectivity index (χ2v) is 6.46. The summed E-state index contributed by atoms with van der Waals surface area (Å²) in [6, 6.07) is 13.8. The van der Waals surface area contributed by atoms with Crippen molar-refractivity contribution in [1.29, 1.82) is 0 Å². The third-order valence-corrected chi connectivity index (χ3v) is 4.07. The van der Waals surface area contributed by atoms with Crippen LogP contribution in [0.15, 0.2) is 72.8 Å². The zero-order valence-electron chi connectivity index (χ0n) is 19.7. The van der Waals surface area contributed by atoms with Gasteiger partial charge in [-0.15, -0.1) is 0 Å². The molecule has 3 aromatic carbocycles. The number of rotatable bonds is 6. The van der Waals surface area contributed by atoms with Crippen LogP contribution in [0.4, 0.5) is 0 Å². The molecule has 41 heavy (non-hydrogen) atoms. The van der Waals surface area contributed by atoms with Gasteiger partial charge in [-0.25, -0.2) is 0 Å². The van der Waals surface area contributed by atoms with Crippen molar-refractivity contribution >= 4 is 35.8 Å². The standard InChI is InChI=1S/3C8H6O4.ClH.3Fe.O/c3*9-7(10)5-1-2-6(4-3-5)8(11)12;;;;;/h3*1-4H,(H,9,10)(H,11,12);1H;;;;/q;;;;3*+3;-2/p-7. The Hall–Kier alpha value is -3.71. The first-order valence-electron chi connectivity index (χ1n) is 9.41. The molecular formula is C24H12ClFe3O13. The SMILES string of the molecule is O=C([O-])c1ccc(C(=O)[O-])cc1.O=C([O-])c1ccc(C(=O)[O-])cc1.O=C([O-])c1ccc(C(=O)[O-])cc1.[Cl-].[Fe+3].[Fe+3].[Fe+3].[O-2]. The Labute approximate surface area is 269 Å². The molecule has 0 N–H and O–H groups in total. The van der Waals surface area contributed by atoms with Gasteiger partial charge in [-0.1, -0.05) is 72.8 Å². The summed E-state index contributed by atoms with van der Waals surface area (Å²) in [5, 5.41) is 61.2. The average Bonchev–Trinajstić information content (AvgIpc) is 2.84. The van der Waals surface area contributed by atoms with Crippen molar-refractivity contribution < 1.29 is 128 Å². The van der Waals surface area contributed by atoms with Gasteiger partial charge < -0.3 is 77.3 Å². The van der Waals surface area contributed by atoms with Crippen LogP contribution in [-0.4, -0.2) is 35.8 Å². The van der Waals surface area contributed by atoms with Crippen molar-refractivity contribution in [2.24, 2.45) is 0 Å².